The predicted molar refractivity (Wildman–Crippen MR) is 80.8 cm³/mol. The molecule has 1 heterocycles. The summed E-state index contributed by atoms with van der Waals surface area (Å²) in [5, 5.41) is 0. The number of nitrogens with zero attached hydrogens (tertiary/aromatic N) is 1. The van der Waals surface area contributed by atoms with Gasteiger partial charge in [-0.15, -0.1) is 0 Å². The largest absolute Gasteiger partial charge is 0.475 e. The second-order valence-electron chi connectivity index (χ2n) is 5.10. The van der Waals surface area contributed by atoms with Crippen molar-refractivity contribution in [3.8, 4) is 5.75 Å². The molecule has 4 N–H and O–H groups in total. The highest BCUT2D eigenvalue weighted by Gasteiger charge is 2.46. The molecule has 1 aliphatic heterocycles. The summed E-state index contributed by atoms with van der Waals surface area (Å²) < 4.78 is 6.02. The van der Waals surface area contributed by atoms with Gasteiger partial charge in [0.25, 0.3) is 5.91 Å². The van der Waals surface area contributed by atoms with E-state index >= 15 is 0 Å². The summed E-state index contributed by atoms with van der Waals surface area (Å²) in [7, 11) is 0. The van der Waals surface area contributed by atoms with Crippen molar-refractivity contribution in [2.45, 2.75) is 38.7 Å². The van der Waals surface area contributed by atoms with Crippen LogP contribution in [0.25, 0.3) is 0 Å². The van der Waals surface area contributed by atoms with Crippen molar-refractivity contribution >= 4 is 17.3 Å². The van der Waals surface area contributed by atoms with Crippen molar-refractivity contribution in [1.29, 1.82) is 0 Å². The fraction of sp³-hybridized carbons (Fsp3) is 0.533. The summed E-state index contributed by atoms with van der Waals surface area (Å²) >= 11 is 0. The molecule has 1 aromatic rings. The highest BCUT2D eigenvalue weighted by molar-refractivity contribution is 6.05. The van der Waals surface area contributed by atoms with Crippen LogP contribution >= 0.6 is 0 Å². The standard InChI is InChI=1S/C15H23N3O2/c1-3-15(4-2)14(19)18(10-6-9-16)13-11(17)7-5-8-12(13)20-15/h5,7-8H,3-4,6,9-10,16-17H2,1-2H3. The number of anilines is 2. The number of nitrogen functional groups attached to an aromatic ring is 1. The van der Waals surface area contributed by atoms with Gasteiger partial charge in [-0.1, -0.05) is 19.9 Å². The lowest BCUT2D eigenvalue weighted by molar-refractivity contribution is -0.136. The van der Waals surface area contributed by atoms with Gasteiger partial charge in [-0.3, -0.25) is 4.79 Å². The van der Waals surface area contributed by atoms with Crippen LogP contribution in [0.5, 0.6) is 5.75 Å². The van der Waals surface area contributed by atoms with Gasteiger partial charge in [0.2, 0.25) is 0 Å². The molecule has 0 bridgehead atoms. The average molecular weight is 277 g/mol. The van der Waals surface area contributed by atoms with E-state index in [1.54, 1.807) is 11.0 Å². The summed E-state index contributed by atoms with van der Waals surface area (Å²) in [5.74, 6) is 0.673. The molecule has 0 aromatic heterocycles. The van der Waals surface area contributed by atoms with Gasteiger partial charge in [-0.25, -0.2) is 0 Å². The van der Waals surface area contributed by atoms with Gasteiger partial charge in [0.1, 0.15) is 11.4 Å². The van der Waals surface area contributed by atoms with Crippen LogP contribution < -0.4 is 21.1 Å². The number of hydrogen-bond donors (Lipinski definition) is 2. The molecule has 0 radical (unpaired) electrons. The van der Waals surface area contributed by atoms with Crippen LogP contribution in [0.2, 0.25) is 0 Å². The van der Waals surface area contributed by atoms with Crippen molar-refractivity contribution in [1.82, 2.24) is 0 Å². The molecular weight excluding hydrogens is 254 g/mol. The lowest BCUT2D eigenvalue weighted by atomic mass is 9.92. The van der Waals surface area contributed by atoms with Crippen molar-refractivity contribution < 1.29 is 9.53 Å². The normalized spacial score (nSPS) is 16.8. The number of rotatable bonds is 5. The fourth-order valence-corrected chi connectivity index (χ4v) is 2.67. The second-order valence-corrected chi connectivity index (χ2v) is 5.10. The monoisotopic (exact) mass is 277 g/mol. The number of benzene rings is 1. The van der Waals surface area contributed by atoms with Gasteiger partial charge in [0.15, 0.2) is 5.60 Å². The quantitative estimate of drug-likeness (QED) is 0.805. The molecule has 0 saturated carbocycles. The molecule has 1 amide bonds. The first-order valence-corrected chi connectivity index (χ1v) is 7.19. The molecule has 2 rings (SSSR count). The lowest BCUT2D eigenvalue weighted by Gasteiger charge is -2.42. The third-order valence-corrected chi connectivity index (χ3v) is 3.97. The Morgan fingerprint density at radius 3 is 2.60 bits per heavy atom. The molecule has 0 fully saturated rings. The first-order valence-electron chi connectivity index (χ1n) is 7.19. The molecule has 20 heavy (non-hydrogen) atoms. The van der Waals surface area contributed by atoms with Crippen LogP contribution in [0, 0.1) is 0 Å². The SMILES string of the molecule is CCC1(CC)Oc2cccc(N)c2N(CCCN)C1=O. The number of carbonyl (C=O) groups excluding carboxylic acids is 1. The van der Waals surface area contributed by atoms with E-state index in [1.165, 1.54) is 0 Å². The number of hydrogen-bond acceptors (Lipinski definition) is 4. The van der Waals surface area contributed by atoms with E-state index in [4.69, 9.17) is 16.2 Å². The van der Waals surface area contributed by atoms with E-state index < -0.39 is 5.60 Å². The lowest BCUT2D eigenvalue weighted by Crippen LogP contribution is -2.56. The molecule has 0 atom stereocenters. The van der Waals surface area contributed by atoms with E-state index in [0.717, 1.165) is 6.42 Å². The van der Waals surface area contributed by atoms with Gasteiger partial charge >= 0.3 is 0 Å². The maximum absolute atomic E-state index is 12.8. The highest BCUT2D eigenvalue weighted by atomic mass is 16.5. The summed E-state index contributed by atoms with van der Waals surface area (Å²) in [4.78, 5) is 14.6. The van der Waals surface area contributed by atoms with Crippen LogP contribution in [0.15, 0.2) is 18.2 Å². The van der Waals surface area contributed by atoms with Crippen LogP contribution in [0.4, 0.5) is 11.4 Å². The van der Waals surface area contributed by atoms with Gasteiger partial charge in [-0.05, 0) is 37.9 Å². The molecule has 110 valence electrons. The van der Waals surface area contributed by atoms with E-state index in [0.29, 0.717) is 43.1 Å². The number of fused-ring (bicyclic) bond motifs is 1. The number of ether oxygens (including phenoxy) is 1. The molecule has 0 saturated heterocycles. The molecule has 1 aliphatic rings. The third kappa shape index (κ3) is 2.22. The maximum atomic E-state index is 12.8. The topological polar surface area (TPSA) is 81.6 Å². The minimum absolute atomic E-state index is 0.0126. The van der Waals surface area contributed by atoms with Crippen LogP contribution in [-0.4, -0.2) is 24.6 Å². The number of para-hydroxylation sites is 1. The molecular formula is C15H23N3O2. The smallest absolute Gasteiger partial charge is 0.271 e. The van der Waals surface area contributed by atoms with E-state index in [1.807, 2.05) is 26.0 Å². The van der Waals surface area contributed by atoms with Crippen molar-refractivity contribution in [3.05, 3.63) is 18.2 Å². The Labute approximate surface area is 119 Å². The molecule has 5 nitrogen and oxygen atoms in total. The summed E-state index contributed by atoms with van der Waals surface area (Å²) in [6.07, 6.45) is 2.01. The number of nitrogens with two attached hydrogens (primary N) is 2. The number of amides is 1. The molecule has 0 unspecified atom stereocenters. The summed E-state index contributed by atoms with van der Waals surface area (Å²) in [5.41, 5.74) is 12.1. The Bertz CT molecular complexity index is 498. The Morgan fingerprint density at radius 1 is 1.30 bits per heavy atom. The molecule has 1 aromatic carbocycles. The minimum Gasteiger partial charge on any atom is -0.475 e. The van der Waals surface area contributed by atoms with Gasteiger partial charge in [0, 0.05) is 6.54 Å². The van der Waals surface area contributed by atoms with Gasteiger partial charge < -0.3 is 21.1 Å². The first-order chi connectivity index (χ1) is 9.59. The zero-order chi connectivity index (χ0) is 14.8. The maximum Gasteiger partial charge on any atom is 0.271 e. The molecule has 0 spiro atoms. The fourth-order valence-electron chi connectivity index (χ4n) is 2.67. The molecule has 5 heteroatoms. The number of carbonyl (C=O) groups is 1. The van der Waals surface area contributed by atoms with Crippen LogP contribution in [0.1, 0.15) is 33.1 Å². The Hall–Kier alpha value is -1.75. The van der Waals surface area contributed by atoms with Crippen molar-refractivity contribution in [3.63, 3.8) is 0 Å². The van der Waals surface area contributed by atoms with Crippen LogP contribution in [-0.2, 0) is 4.79 Å². The van der Waals surface area contributed by atoms with Gasteiger partial charge in [0.05, 0.1) is 5.69 Å². The van der Waals surface area contributed by atoms with Crippen molar-refractivity contribution in [2.75, 3.05) is 23.7 Å². The zero-order valence-electron chi connectivity index (χ0n) is 12.2. The third-order valence-electron chi connectivity index (χ3n) is 3.97. The van der Waals surface area contributed by atoms with E-state index in [2.05, 4.69) is 0 Å². The molecule has 0 aliphatic carbocycles. The Kier molecular flexibility index (Phi) is 4.18. The first kappa shape index (κ1) is 14.7. The van der Waals surface area contributed by atoms with Crippen LogP contribution in [0.3, 0.4) is 0 Å². The average Bonchev–Trinajstić information content (AvgIpc) is 2.46. The van der Waals surface area contributed by atoms with E-state index in [-0.39, 0.29) is 5.91 Å². The minimum atomic E-state index is -0.782. The van der Waals surface area contributed by atoms with Crippen molar-refractivity contribution in [2.24, 2.45) is 5.73 Å². The highest BCUT2D eigenvalue weighted by Crippen LogP contribution is 2.43. The van der Waals surface area contributed by atoms with E-state index in [9.17, 15) is 4.79 Å². The second kappa shape index (κ2) is 5.71. The summed E-state index contributed by atoms with van der Waals surface area (Å²) in [6.45, 7) is 5.05. The zero-order valence-corrected chi connectivity index (χ0v) is 12.2. The Balaban J connectivity index is 2.50. The van der Waals surface area contributed by atoms with Gasteiger partial charge in [-0.2, -0.15) is 0 Å². The predicted octanol–water partition coefficient (Wildman–Crippen LogP) is 1.90. The Morgan fingerprint density at radius 2 is 2.00 bits per heavy atom. The summed E-state index contributed by atoms with van der Waals surface area (Å²) in [6, 6.07) is 5.50.